The molecule has 0 spiro atoms. The number of hydrogen-bond donors (Lipinski definition) is 0. The first-order chi connectivity index (χ1) is 11.4. The number of nitrogens with zero attached hydrogens (tertiary/aromatic N) is 2. The van der Waals surface area contributed by atoms with Crippen molar-refractivity contribution in [2.45, 2.75) is 12.8 Å². The smallest absolute Gasteiger partial charge is 0.419 e. The van der Waals surface area contributed by atoms with Gasteiger partial charge in [-0.05, 0) is 36.4 Å². The molecule has 0 unspecified atom stereocenters. The molecule has 4 nitrogen and oxygen atoms in total. The van der Waals surface area contributed by atoms with Crippen molar-refractivity contribution in [1.82, 2.24) is 10.1 Å². The summed E-state index contributed by atoms with van der Waals surface area (Å²) in [7, 11) is 0. The van der Waals surface area contributed by atoms with Crippen LogP contribution < -0.4 is 4.74 Å². The van der Waals surface area contributed by atoms with Crippen LogP contribution in [0.15, 0.2) is 53.1 Å². The van der Waals surface area contributed by atoms with E-state index in [-0.39, 0.29) is 24.1 Å². The van der Waals surface area contributed by atoms with E-state index in [4.69, 9.17) is 9.26 Å². The molecule has 0 radical (unpaired) electrons. The number of rotatable bonds is 4. The molecule has 24 heavy (non-hydrogen) atoms. The lowest BCUT2D eigenvalue weighted by Crippen LogP contribution is -2.09. The van der Waals surface area contributed by atoms with Crippen LogP contribution in [0.5, 0.6) is 5.75 Å². The molecular weight excluding hydrogens is 328 g/mol. The Morgan fingerprint density at radius 2 is 1.71 bits per heavy atom. The Kier molecular flexibility index (Phi) is 4.20. The molecule has 0 aliphatic carbocycles. The van der Waals surface area contributed by atoms with Crippen molar-refractivity contribution in [1.29, 1.82) is 0 Å². The lowest BCUT2D eigenvalue weighted by molar-refractivity contribution is -0.139. The highest BCUT2D eigenvalue weighted by Crippen LogP contribution is 2.36. The summed E-state index contributed by atoms with van der Waals surface area (Å²) in [6.07, 6.45) is -4.52. The van der Waals surface area contributed by atoms with Gasteiger partial charge in [0.05, 0.1) is 5.56 Å². The first-order valence-electron chi connectivity index (χ1n) is 6.81. The second-order valence-electron chi connectivity index (χ2n) is 4.81. The van der Waals surface area contributed by atoms with Crippen molar-refractivity contribution >= 4 is 0 Å². The van der Waals surface area contributed by atoms with Crippen LogP contribution in [0.3, 0.4) is 0 Å². The molecule has 124 valence electrons. The molecule has 3 aromatic rings. The van der Waals surface area contributed by atoms with Gasteiger partial charge < -0.3 is 9.26 Å². The Morgan fingerprint density at radius 1 is 1.00 bits per heavy atom. The zero-order valence-electron chi connectivity index (χ0n) is 12.0. The molecular formula is C16H10F4N2O2. The van der Waals surface area contributed by atoms with Crippen molar-refractivity contribution in [2.24, 2.45) is 0 Å². The van der Waals surface area contributed by atoms with E-state index in [1.54, 1.807) is 0 Å². The predicted octanol–water partition coefficient (Wildman–Crippen LogP) is 4.47. The van der Waals surface area contributed by atoms with Crippen LogP contribution in [-0.4, -0.2) is 10.1 Å². The Balaban J connectivity index is 1.74. The van der Waals surface area contributed by atoms with E-state index < -0.39 is 17.6 Å². The van der Waals surface area contributed by atoms with Crippen LogP contribution in [-0.2, 0) is 12.8 Å². The summed E-state index contributed by atoms with van der Waals surface area (Å²) in [5, 5.41) is 3.64. The first-order valence-corrected chi connectivity index (χ1v) is 6.81. The minimum atomic E-state index is -4.52. The zero-order chi connectivity index (χ0) is 17.2. The average Bonchev–Trinajstić information content (AvgIpc) is 3.02. The molecule has 2 aromatic carbocycles. The molecule has 0 fully saturated rings. The maximum absolute atomic E-state index is 12.9. The molecule has 0 N–H and O–H groups in total. The Morgan fingerprint density at radius 3 is 2.42 bits per heavy atom. The van der Waals surface area contributed by atoms with E-state index in [1.165, 1.54) is 42.5 Å². The summed E-state index contributed by atoms with van der Waals surface area (Å²) >= 11 is 0. The van der Waals surface area contributed by atoms with Gasteiger partial charge in [-0.3, -0.25) is 0 Å². The van der Waals surface area contributed by atoms with Crippen LogP contribution in [0.4, 0.5) is 17.6 Å². The monoisotopic (exact) mass is 338 g/mol. The highest BCUT2D eigenvalue weighted by atomic mass is 19.4. The van der Waals surface area contributed by atoms with Crippen molar-refractivity contribution < 1.29 is 26.8 Å². The summed E-state index contributed by atoms with van der Waals surface area (Å²) in [5.41, 5.74) is -0.391. The summed E-state index contributed by atoms with van der Waals surface area (Å²) < 4.78 is 61.6. The molecule has 1 aromatic heterocycles. The summed E-state index contributed by atoms with van der Waals surface area (Å²) in [5.74, 6) is -0.535. The van der Waals surface area contributed by atoms with Crippen LogP contribution in [0.1, 0.15) is 11.4 Å². The Bertz CT molecular complexity index is 829. The van der Waals surface area contributed by atoms with E-state index in [0.29, 0.717) is 5.56 Å². The van der Waals surface area contributed by atoms with Gasteiger partial charge in [-0.25, -0.2) is 4.39 Å². The summed E-state index contributed by atoms with van der Waals surface area (Å²) in [6.45, 7) is -0.294. The number of benzene rings is 2. The number of halogens is 4. The Hall–Kier alpha value is -2.90. The lowest BCUT2D eigenvalue weighted by atomic mass is 10.2. The van der Waals surface area contributed by atoms with Crippen molar-refractivity contribution in [2.75, 3.05) is 0 Å². The minimum absolute atomic E-state index is 0.0753. The van der Waals surface area contributed by atoms with E-state index in [9.17, 15) is 17.6 Å². The molecule has 3 rings (SSSR count). The third kappa shape index (κ3) is 3.53. The lowest BCUT2D eigenvalue weighted by Gasteiger charge is -2.12. The molecule has 0 saturated heterocycles. The fraction of sp³-hybridized carbons (Fsp3) is 0.125. The topological polar surface area (TPSA) is 48.2 Å². The summed E-state index contributed by atoms with van der Waals surface area (Å²) in [6, 6.07) is 10.2. The van der Waals surface area contributed by atoms with Crippen LogP contribution in [0, 0.1) is 5.82 Å². The number of para-hydroxylation sites is 1. The van der Waals surface area contributed by atoms with E-state index in [1.807, 2.05) is 0 Å². The first kappa shape index (κ1) is 16.0. The third-order valence-corrected chi connectivity index (χ3v) is 3.11. The molecule has 0 aliphatic rings. The van der Waals surface area contributed by atoms with Gasteiger partial charge in [0.15, 0.2) is 6.61 Å². The van der Waals surface area contributed by atoms with E-state index >= 15 is 0 Å². The predicted molar refractivity (Wildman–Crippen MR) is 75.5 cm³/mol. The highest BCUT2D eigenvalue weighted by molar-refractivity contribution is 5.52. The second-order valence-corrected chi connectivity index (χ2v) is 4.81. The summed E-state index contributed by atoms with van der Waals surface area (Å²) in [4.78, 5) is 4.01. The molecule has 0 aliphatic heterocycles. The fourth-order valence-corrected chi connectivity index (χ4v) is 1.99. The van der Waals surface area contributed by atoms with Gasteiger partial charge in [-0.15, -0.1) is 0 Å². The van der Waals surface area contributed by atoms with Gasteiger partial charge >= 0.3 is 6.18 Å². The average molecular weight is 338 g/mol. The number of hydrogen-bond acceptors (Lipinski definition) is 4. The van der Waals surface area contributed by atoms with Gasteiger partial charge in [-0.2, -0.15) is 18.2 Å². The van der Waals surface area contributed by atoms with Crippen molar-refractivity contribution in [3.05, 3.63) is 65.7 Å². The molecule has 0 bridgehead atoms. The van der Waals surface area contributed by atoms with E-state index in [0.717, 1.165) is 6.07 Å². The van der Waals surface area contributed by atoms with Gasteiger partial charge in [0.25, 0.3) is 5.89 Å². The van der Waals surface area contributed by atoms with E-state index in [2.05, 4.69) is 10.1 Å². The van der Waals surface area contributed by atoms with Crippen molar-refractivity contribution in [3.8, 4) is 17.2 Å². The van der Waals surface area contributed by atoms with Crippen LogP contribution >= 0.6 is 0 Å². The van der Waals surface area contributed by atoms with Gasteiger partial charge in [-0.1, -0.05) is 17.3 Å². The molecule has 0 saturated carbocycles. The maximum atomic E-state index is 12.9. The molecule has 8 heteroatoms. The van der Waals surface area contributed by atoms with Crippen LogP contribution in [0.25, 0.3) is 11.5 Å². The van der Waals surface area contributed by atoms with Crippen LogP contribution in [0.2, 0.25) is 0 Å². The standard InChI is InChI=1S/C16H10F4N2O2/c17-11-7-5-10(6-8-11)15-21-14(22-24-15)9-23-13-4-2-1-3-12(13)16(18,19)20/h1-8H,9H2. The largest absolute Gasteiger partial charge is 0.485 e. The number of ether oxygens (including phenoxy) is 1. The van der Waals surface area contributed by atoms with Gasteiger partial charge in [0, 0.05) is 5.56 Å². The van der Waals surface area contributed by atoms with Gasteiger partial charge in [0.2, 0.25) is 5.82 Å². The molecule has 0 atom stereocenters. The minimum Gasteiger partial charge on any atom is -0.485 e. The Labute approximate surface area is 133 Å². The normalized spacial score (nSPS) is 11.5. The molecule has 1 heterocycles. The second kappa shape index (κ2) is 6.31. The SMILES string of the molecule is Fc1ccc(-c2nc(COc3ccccc3C(F)(F)F)no2)cc1. The third-order valence-electron chi connectivity index (χ3n) is 3.11. The molecule has 0 amide bonds. The quantitative estimate of drug-likeness (QED) is 0.659. The number of alkyl halides is 3. The fourth-order valence-electron chi connectivity index (χ4n) is 1.99. The zero-order valence-corrected chi connectivity index (χ0v) is 12.0. The van der Waals surface area contributed by atoms with Gasteiger partial charge in [0.1, 0.15) is 11.6 Å². The van der Waals surface area contributed by atoms with Crippen molar-refractivity contribution in [3.63, 3.8) is 0 Å². The number of aromatic nitrogens is 2. The highest BCUT2D eigenvalue weighted by Gasteiger charge is 2.34. The maximum Gasteiger partial charge on any atom is 0.419 e.